The molecule has 9 heteroatoms. The number of nitrogens with zero attached hydrogens (tertiary/aromatic N) is 4. The predicted molar refractivity (Wildman–Crippen MR) is 84.4 cm³/mol. The largest absolute Gasteiger partial charge is 0.308 e. The number of hydrogen-bond acceptors (Lipinski definition) is 9. The number of thioether (sulfide) groups is 1. The molecule has 0 spiro atoms. The molecule has 2 heterocycles. The van der Waals surface area contributed by atoms with Crippen molar-refractivity contribution >= 4 is 40.7 Å². The van der Waals surface area contributed by atoms with Gasteiger partial charge in [-0.25, -0.2) is 15.8 Å². The second-order valence-corrected chi connectivity index (χ2v) is 7.22. The Morgan fingerprint density at radius 3 is 2.60 bits per heavy atom. The van der Waals surface area contributed by atoms with Crippen molar-refractivity contribution in [1.29, 1.82) is 0 Å². The zero-order valence-corrected chi connectivity index (χ0v) is 14.0. The quantitative estimate of drug-likeness (QED) is 0.362. The average Bonchev–Trinajstić information content (AvgIpc) is 2.90. The van der Waals surface area contributed by atoms with Crippen LogP contribution in [-0.4, -0.2) is 26.4 Å². The van der Waals surface area contributed by atoms with Gasteiger partial charge >= 0.3 is 0 Å². The molecule has 0 saturated carbocycles. The summed E-state index contributed by atoms with van der Waals surface area (Å²) in [6.07, 6.45) is 3.81. The fourth-order valence-electron chi connectivity index (χ4n) is 1.52. The van der Waals surface area contributed by atoms with Gasteiger partial charge in [-0.2, -0.15) is 0 Å². The third-order valence-corrected chi connectivity index (χ3v) is 5.54. The van der Waals surface area contributed by atoms with Crippen LogP contribution >= 0.6 is 34.9 Å². The second-order valence-electron chi connectivity index (χ2n) is 3.95. The molecule has 0 unspecified atom stereocenters. The Labute approximate surface area is 130 Å². The molecule has 6 nitrogen and oxygen atoms in total. The number of hydrazine groups is 1. The van der Waals surface area contributed by atoms with Gasteiger partial charge in [-0.15, -0.1) is 10.2 Å². The summed E-state index contributed by atoms with van der Waals surface area (Å²) in [5.74, 6) is 6.99. The maximum atomic E-state index is 5.53. The maximum Gasteiger partial charge on any atom is 0.181 e. The van der Waals surface area contributed by atoms with Crippen LogP contribution in [0.3, 0.4) is 0 Å². The summed E-state index contributed by atoms with van der Waals surface area (Å²) >= 11 is 4.66. The molecule has 3 N–H and O–H groups in total. The van der Waals surface area contributed by atoms with Crippen molar-refractivity contribution in [2.75, 3.05) is 11.7 Å². The molecule has 20 heavy (non-hydrogen) atoms. The number of aromatic nitrogens is 4. The van der Waals surface area contributed by atoms with Crippen LogP contribution in [0.25, 0.3) is 0 Å². The lowest BCUT2D eigenvalue weighted by Crippen LogP contribution is -2.13. The number of nitrogens with one attached hydrogen (secondary N) is 1. The first-order valence-corrected chi connectivity index (χ1v) is 8.93. The molecular weight excluding hydrogens is 312 g/mol. The molecule has 0 saturated heterocycles. The van der Waals surface area contributed by atoms with Crippen LogP contribution in [-0.2, 0) is 6.42 Å². The van der Waals surface area contributed by atoms with Crippen LogP contribution in [0.15, 0.2) is 13.7 Å². The Hall–Kier alpha value is -0.900. The van der Waals surface area contributed by atoms with Gasteiger partial charge in [0.15, 0.2) is 8.68 Å². The van der Waals surface area contributed by atoms with Gasteiger partial charge in [0.1, 0.15) is 16.7 Å². The predicted octanol–water partition coefficient (Wildman–Crippen LogP) is 2.75. The smallest absolute Gasteiger partial charge is 0.181 e. The van der Waals surface area contributed by atoms with Crippen molar-refractivity contribution in [3.8, 4) is 0 Å². The van der Waals surface area contributed by atoms with Crippen molar-refractivity contribution in [2.24, 2.45) is 5.84 Å². The molecule has 0 atom stereocenters. The van der Waals surface area contributed by atoms with Gasteiger partial charge in [0.05, 0.1) is 0 Å². The standard InChI is InChI=1S/C11H16N6S3/c1-4-5-7-13-8(15-12)6(2)9(14-7)19-11-17-16-10(18-3)20-11/h4-5,12H2,1-3H3,(H,13,14,15). The molecule has 0 bridgehead atoms. The Morgan fingerprint density at radius 2 is 2.00 bits per heavy atom. The van der Waals surface area contributed by atoms with Crippen molar-refractivity contribution in [3.05, 3.63) is 11.4 Å². The second kappa shape index (κ2) is 7.21. The average molecular weight is 328 g/mol. The SMILES string of the molecule is CCCc1nc(NN)c(C)c(Sc2nnc(SC)s2)n1. The van der Waals surface area contributed by atoms with E-state index in [1.54, 1.807) is 23.1 Å². The number of hydrogen-bond donors (Lipinski definition) is 2. The normalized spacial score (nSPS) is 10.8. The van der Waals surface area contributed by atoms with Gasteiger partial charge in [0.2, 0.25) is 0 Å². The number of nitrogens with two attached hydrogens (primary N) is 1. The molecule has 2 aromatic heterocycles. The number of anilines is 1. The van der Waals surface area contributed by atoms with E-state index in [1.165, 1.54) is 11.8 Å². The van der Waals surface area contributed by atoms with Gasteiger partial charge < -0.3 is 5.43 Å². The van der Waals surface area contributed by atoms with Crippen LogP contribution in [0.5, 0.6) is 0 Å². The van der Waals surface area contributed by atoms with Gasteiger partial charge in [-0.3, -0.25) is 0 Å². The van der Waals surface area contributed by atoms with Crippen molar-refractivity contribution in [1.82, 2.24) is 20.2 Å². The minimum absolute atomic E-state index is 0.667. The lowest BCUT2D eigenvalue weighted by Gasteiger charge is -2.10. The van der Waals surface area contributed by atoms with E-state index in [4.69, 9.17) is 5.84 Å². The Morgan fingerprint density at radius 1 is 1.25 bits per heavy atom. The summed E-state index contributed by atoms with van der Waals surface area (Å²) in [5, 5.41) is 9.12. The fraction of sp³-hybridized carbons (Fsp3) is 0.455. The molecule has 0 aliphatic rings. The zero-order chi connectivity index (χ0) is 14.5. The maximum absolute atomic E-state index is 5.53. The number of rotatable bonds is 6. The Kier molecular flexibility index (Phi) is 5.58. The van der Waals surface area contributed by atoms with Crippen LogP contribution < -0.4 is 11.3 Å². The van der Waals surface area contributed by atoms with E-state index in [2.05, 4.69) is 32.5 Å². The molecule has 0 aliphatic carbocycles. The summed E-state index contributed by atoms with van der Waals surface area (Å²) in [5.41, 5.74) is 3.56. The van der Waals surface area contributed by atoms with E-state index in [9.17, 15) is 0 Å². The summed E-state index contributed by atoms with van der Waals surface area (Å²) in [7, 11) is 0. The first kappa shape index (κ1) is 15.5. The highest BCUT2D eigenvalue weighted by molar-refractivity contribution is 8.03. The molecule has 108 valence electrons. The van der Waals surface area contributed by atoms with Crippen LogP contribution in [0.2, 0.25) is 0 Å². The Bertz CT molecular complexity index is 586. The minimum atomic E-state index is 0.667. The van der Waals surface area contributed by atoms with E-state index in [-0.39, 0.29) is 0 Å². The highest BCUT2D eigenvalue weighted by Gasteiger charge is 2.14. The number of aryl methyl sites for hydroxylation is 1. The zero-order valence-electron chi connectivity index (χ0n) is 11.5. The fourth-order valence-corrected chi connectivity index (χ4v) is 3.97. The monoisotopic (exact) mass is 328 g/mol. The summed E-state index contributed by atoms with van der Waals surface area (Å²) in [6.45, 7) is 4.05. The van der Waals surface area contributed by atoms with Crippen LogP contribution in [0, 0.1) is 6.92 Å². The lowest BCUT2D eigenvalue weighted by atomic mass is 10.3. The van der Waals surface area contributed by atoms with Crippen molar-refractivity contribution in [2.45, 2.75) is 40.4 Å². The first-order chi connectivity index (χ1) is 9.67. The minimum Gasteiger partial charge on any atom is -0.308 e. The number of nitrogen functional groups attached to an aromatic ring is 1. The summed E-state index contributed by atoms with van der Waals surface area (Å²) in [4.78, 5) is 9.00. The summed E-state index contributed by atoms with van der Waals surface area (Å²) in [6, 6.07) is 0. The molecule has 0 radical (unpaired) electrons. The topological polar surface area (TPSA) is 89.6 Å². The molecule has 0 fully saturated rings. The van der Waals surface area contributed by atoms with Gasteiger partial charge in [0.25, 0.3) is 0 Å². The highest BCUT2D eigenvalue weighted by atomic mass is 32.2. The van der Waals surface area contributed by atoms with E-state index < -0.39 is 0 Å². The van der Waals surface area contributed by atoms with E-state index >= 15 is 0 Å². The molecule has 2 rings (SSSR count). The Balaban J connectivity index is 2.31. The molecule has 2 aromatic rings. The first-order valence-electron chi connectivity index (χ1n) is 6.07. The van der Waals surface area contributed by atoms with Gasteiger partial charge in [-0.1, -0.05) is 30.0 Å². The molecule has 0 amide bonds. The van der Waals surface area contributed by atoms with E-state index in [0.29, 0.717) is 5.82 Å². The molecule has 0 aromatic carbocycles. The van der Waals surface area contributed by atoms with Crippen LogP contribution in [0.1, 0.15) is 24.7 Å². The van der Waals surface area contributed by atoms with Crippen molar-refractivity contribution < 1.29 is 0 Å². The van der Waals surface area contributed by atoms with Gasteiger partial charge in [-0.05, 0) is 31.4 Å². The van der Waals surface area contributed by atoms with E-state index in [1.807, 2.05) is 13.2 Å². The third kappa shape index (κ3) is 3.60. The molecule has 0 aliphatic heterocycles. The summed E-state index contributed by atoms with van der Waals surface area (Å²) < 4.78 is 1.83. The third-order valence-electron chi connectivity index (χ3n) is 2.50. The van der Waals surface area contributed by atoms with Crippen LogP contribution in [0.4, 0.5) is 5.82 Å². The van der Waals surface area contributed by atoms with Gasteiger partial charge in [0, 0.05) is 12.0 Å². The molecular formula is C11H16N6S3. The van der Waals surface area contributed by atoms with Crippen molar-refractivity contribution in [3.63, 3.8) is 0 Å². The highest BCUT2D eigenvalue weighted by Crippen LogP contribution is 2.34. The van der Waals surface area contributed by atoms with E-state index in [0.717, 1.165) is 37.9 Å². The lowest BCUT2D eigenvalue weighted by molar-refractivity contribution is 0.802.